The van der Waals surface area contributed by atoms with E-state index < -0.39 is 0 Å². The maximum atomic E-state index is 12.0. The van der Waals surface area contributed by atoms with E-state index >= 15 is 0 Å². The van der Waals surface area contributed by atoms with Gasteiger partial charge in [0.15, 0.2) is 12.4 Å². The monoisotopic (exact) mass is 304 g/mol. The molecule has 1 aromatic carbocycles. The highest BCUT2D eigenvalue weighted by molar-refractivity contribution is 5.95. The van der Waals surface area contributed by atoms with Crippen molar-refractivity contribution in [2.24, 2.45) is 7.05 Å². The van der Waals surface area contributed by atoms with Gasteiger partial charge in [0.25, 0.3) is 5.91 Å². The van der Waals surface area contributed by atoms with Gasteiger partial charge in [-0.3, -0.25) is 9.48 Å². The fourth-order valence-corrected chi connectivity index (χ4v) is 2.06. The second-order valence-electron chi connectivity index (χ2n) is 4.91. The molecule has 0 saturated carbocycles. The molecular weight excluding hydrogens is 284 g/mol. The molecule has 0 aliphatic carbocycles. The number of nitrogens with zero attached hydrogens (tertiary/aromatic N) is 2. The molecule has 0 bridgehead atoms. The third-order valence-electron chi connectivity index (χ3n) is 3.32. The average molecular weight is 304 g/mol. The van der Waals surface area contributed by atoms with Crippen molar-refractivity contribution in [3.8, 4) is 11.5 Å². The number of benzene rings is 1. The molecule has 0 fully saturated rings. The van der Waals surface area contributed by atoms with Gasteiger partial charge in [0, 0.05) is 13.1 Å². The quantitative estimate of drug-likeness (QED) is 0.819. The highest BCUT2D eigenvalue weighted by atomic mass is 16.5. The van der Waals surface area contributed by atoms with Gasteiger partial charge in [-0.25, -0.2) is 0 Å². The smallest absolute Gasteiger partial charge is 0.262 e. The summed E-state index contributed by atoms with van der Waals surface area (Å²) in [5.41, 5.74) is 8.39. The second-order valence-corrected chi connectivity index (χ2v) is 4.91. The van der Waals surface area contributed by atoms with Gasteiger partial charge >= 0.3 is 0 Å². The van der Waals surface area contributed by atoms with E-state index in [1.54, 1.807) is 30.0 Å². The first-order valence-corrected chi connectivity index (χ1v) is 6.78. The van der Waals surface area contributed by atoms with Crippen LogP contribution < -0.4 is 20.5 Å². The first kappa shape index (κ1) is 15.7. The highest BCUT2D eigenvalue weighted by Gasteiger charge is 2.13. The maximum Gasteiger partial charge on any atom is 0.262 e. The zero-order chi connectivity index (χ0) is 16.3. The number of hydrogen-bond acceptors (Lipinski definition) is 5. The molecule has 0 aliphatic rings. The molecule has 0 atom stereocenters. The van der Waals surface area contributed by atoms with Crippen LogP contribution in [0.5, 0.6) is 11.5 Å². The van der Waals surface area contributed by atoms with Crippen molar-refractivity contribution in [3.63, 3.8) is 0 Å². The number of nitrogen functional groups attached to an aromatic ring is 1. The molecule has 2 rings (SSSR count). The summed E-state index contributed by atoms with van der Waals surface area (Å²) in [7, 11) is 3.38. The van der Waals surface area contributed by atoms with Gasteiger partial charge in [-0.15, -0.1) is 0 Å². The van der Waals surface area contributed by atoms with E-state index in [0.717, 1.165) is 11.4 Å². The van der Waals surface area contributed by atoms with Crippen LogP contribution >= 0.6 is 0 Å². The maximum absolute atomic E-state index is 12.0. The largest absolute Gasteiger partial charge is 0.497 e. The molecule has 3 N–H and O–H groups in total. The Kier molecular flexibility index (Phi) is 4.55. The van der Waals surface area contributed by atoms with E-state index in [-0.39, 0.29) is 12.5 Å². The van der Waals surface area contributed by atoms with E-state index in [0.29, 0.717) is 22.9 Å². The van der Waals surface area contributed by atoms with Crippen molar-refractivity contribution in [3.05, 3.63) is 29.6 Å². The van der Waals surface area contributed by atoms with Crippen LogP contribution in [-0.2, 0) is 11.8 Å². The minimum absolute atomic E-state index is 0.121. The first-order valence-electron chi connectivity index (χ1n) is 6.78. The van der Waals surface area contributed by atoms with Crippen LogP contribution in [0, 0.1) is 13.8 Å². The molecule has 0 aliphatic heterocycles. The van der Waals surface area contributed by atoms with Gasteiger partial charge < -0.3 is 20.5 Å². The van der Waals surface area contributed by atoms with E-state index in [1.165, 1.54) is 0 Å². The SMILES string of the molecule is COc1ccc(N)c(NC(=O)COc2c(C)nn(C)c2C)c1. The number of aryl methyl sites for hydroxylation is 2. The summed E-state index contributed by atoms with van der Waals surface area (Å²) in [6, 6.07) is 5.06. The van der Waals surface area contributed by atoms with Crippen LogP contribution in [0.2, 0.25) is 0 Å². The van der Waals surface area contributed by atoms with Gasteiger partial charge in [-0.1, -0.05) is 0 Å². The molecule has 2 aromatic rings. The third kappa shape index (κ3) is 3.30. The summed E-state index contributed by atoms with van der Waals surface area (Å²) < 4.78 is 12.4. The number of ether oxygens (including phenoxy) is 2. The Hall–Kier alpha value is -2.70. The molecular formula is C15H20N4O3. The number of methoxy groups -OCH3 is 1. The number of amides is 1. The van der Waals surface area contributed by atoms with E-state index in [2.05, 4.69) is 10.4 Å². The summed E-state index contributed by atoms with van der Waals surface area (Å²) in [5, 5.41) is 6.94. The Morgan fingerprint density at radius 1 is 1.41 bits per heavy atom. The Bertz CT molecular complexity index is 694. The van der Waals surface area contributed by atoms with Gasteiger partial charge in [-0.2, -0.15) is 5.10 Å². The predicted molar refractivity (Wildman–Crippen MR) is 84.2 cm³/mol. The summed E-state index contributed by atoms with van der Waals surface area (Å²) in [4.78, 5) is 12.0. The Morgan fingerprint density at radius 2 is 2.14 bits per heavy atom. The molecule has 1 heterocycles. The number of anilines is 2. The lowest BCUT2D eigenvalue weighted by molar-refractivity contribution is -0.118. The van der Waals surface area contributed by atoms with E-state index in [1.807, 2.05) is 20.9 Å². The van der Waals surface area contributed by atoms with Gasteiger partial charge in [0.1, 0.15) is 11.4 Å². The average Bonchev–Trinajstić information content (AvgIpc) is 2.72. The predicted octanol–water partition coefficient (Wildman–Crippen LogP) is 1.65. The Balaban J connectivity index is 2.02. The van der Waals surface area contributed by atoms with Crippen LogP contribution in [-0.4, -0.2) is 29.4 Å². The van der Waals surface area contributed by atoms with Crippen LogP contribution in [0.25, 0.3) is 0 Å². The molecule has 0 unspecified atom stereocenters. The fraction of sp³-hybridized carbons (Fsp3) is 0.333. The molecule has 7 heteroatoms. The topological polar surface area (TPSA) is 91.4 Å². The molecule has 0 spiro atoms. The second kappa shape index (κ2) is 6.38. The highest BCUT2D eigenvalue weighted by Crippen LogP contribution is 2.25. The van der Waals surface area contributed by atoms with Crippen LogP contribution in [0.1, 0.15) is 11.4 Å². The minimum atomic E-state index is -0.303. The summed E-state index contributed by atoms with van der Waals surface area (Å²) in [5.74, 6) is 0.934. The van der Waals surface area contributed by atoms with Crippen LogP contribution in [0.4, 0.5) is 11.4 Å². The Morgan fingerprint density at radius 3 is 2.73 bits per heavy atom. The molecule has 0 saturated heterocycles. The van der Waals surface area contributed by atoms with Crippen molar-refractivity contribution >= 4 is 17.3 Å². The summed E-state index contributed by atoms with van der Waals surface area (Å²) in [6.07, 6.45) is 0. The number of nitrogens with two attached hydrogens (primary N) is 1. The van der Waals surface area contributed by atoms with Crippen molar-refractivity contribution in [1.29, 1.82) is 0 Å². The zero-order valence-electron chi connectivity index (χ0n) is 13.1. The van der Waals surface area contributed by atoms with E-state index in [4.69, 9.17) is 15.2 Å². The van der Waals surface area contributed by atoms with Gasteiger partial charge in [0.2, 0.25) is 0 Å². The lowest BCUT2D eigenvalue weighted by Gasteiger charge is -2.11. The fourth-order valence-electron chi connectivity index (χ4n) is 2.06. The van der Waals surface area contributed by atoms with Crippen LogP contribution in [0.15, 0.2) is 18.2 Å². The molecule has 118 valence electrons. The standard InChI is InChI=1S/C15H20N4O3/c1-9-15(10(2)19(3)18-9)22-8-14(20)17-13-7-11(21-4)5-6-12(13)16/h5-7H,8,16H2,1-4H3,(H,17,20). The van der Waals surface area contributed by atoms with Crippen molar-refractivity contribution in [2.75, 3.05) is 24.8 Å². The summed E-state index contributed by atoms with van der Waals surface area (Å²) >= 11 is 0. The third-order valence-corrected chi connectivity index (χ3v) is 3.32. The number of nitrogens with one attached hydrogen (secondary N) is 1. The van der Waals surface area contributed by atoms with Gasteiger partial charge in [-0.05, 0) is 26.0 Å². The van der Waals surface area contributed by atoms with E-state index in [9.17, 15) is 4.79 Å². The molecule has 0 radical (unpaired) electrons. The van der Waals surface area contributed by atoms with Gasteiger partial charge in [0.05, 0.1) is 24.2 Å². The number of hydrogen-bond donors (Lipinski definition) is 2. The van der Waals surface area contributed by atoms with Crippen molar-refractivity contribution in [1.82, 2.24) is 9.78 Å². The summed E-state index contributed by atoms with van der Waals surface area (Å²) in [6.45, 7) is 3.59. The number of aromatic nitrogens is 2. The minimum Gasteiger partial charge on any atom is -0.497 e. The molecule has 1 aromatic heterocycles. The Labute approximate surface area is 129 Å². The number of carbonyl (C=O) groups excluding carboxylic acids is 1. The lowest BCUT2D eigenvalue weighted by atomic mass is 10.2. The lowest BCUT2D eigenvalue weighted by Crippen LogP contribution is -2.21. The number of carbonyl (C=O) groups is 1. The van der Waals surface area contributed by atoms with Crippen LogP contribution in [0.3, 0.4) is 0 Å². The molecule has 22 heavy (non-hydrogen) atoms. The normalized spacial score (nSPS) is 10.4. The van der Waals surface area contributed by atoms with Crippen molar-refractivity contribution < 1.29 is 14.3 Å². The molecule has 7 nitrogen and oxygen atoms in total. The molecule has 1 amide bonds. The first-order chi connectivity index (χ1) is 10.4. The van der Waals surface area contributed by atoms with Crippen molar-refractivity contribution in [2.45, 2.75) is 13.8 Å². The number of rotatable bonds is 5. The zero-order valence-corrected chi connectivity index (χ0v) is 13.1.